The summed E-state index contributed by atoms with van der Waals surface area (Å²) in [4.78, 5) is 11.4. The maximum absolute atomic E-state index is 12.1. The summed E-state index contributed by atoms with van der Waals surface area (Å²) in [5, 5.41) is 9.13. The number of hydrogen-bond donors (Lipinski definition) is 1. The van der Waals surface area contributed by atoms with E-state index in [1.54, 1.807) is 0 Å². The van der Waals surface area contributed by atoms with Crippen LogP contribution in [0.3, 0.4) is 0 Å². The number of carbonyl (C=O) groups is 1. The van der Waals surface area contributed by atoms with Crippen molar-refractivity contribution < 1.29 is 23.1 Å². The monoisotopic (exact) mass is 271 g/mol. The first kappa shape index (κ1) is 13.0. The summed E-state index contributed by atoms with van der Waals surface area (Å²) in [6.45, 7) is 0.176. The van der Waals surface area contributed by atoms with Gasteiger partial charge in [-0.25, -0.2) is 13.2 Å². The summed E-state index contributed by atoms with van der Waals surface area (Å²) in [5.41, 5.74) is 0.180. The second-order valence-corrected chi connectivity index (χ2v) is 5.93. The number of hydrogen-bond acceptors (Lipinski definition) is 5. The summed E-state index contributed by atoms with van der Waals surface area (Å²) < 4.78 is 29.9. The van der Waals surface area contributed by atoms with E-state index in [0.29, 0.717) is 0 Å². The smallest absolute Gasteiger partial charge is 0.337 e. The van der Waals surface area contributed by atoms with Crippen LogP contribution in [0.2, 0.25) is 0 Å². The fourth-order valence-corrected chi connectivity index (χ4v) is 3.22. The SMILES string of the molecule is COC(=O)c1cccc(S(=O)(=O)N2CC(O)C2)c1. The Balaban J connectivity index is 2.31. The van der Waals surface area contributed by atoms with E-state index < -0.39 is 22.1 Å². The van der Waals surface area contributed by atoms with Crippen LogP contribution in [0.5, 0.6) is 0 Å². The van der Waals surface area contributed by atoms with Crippen molar-refractivity contribution in [1.29, 1.82) is 0 Å². The van der Waals surface area contributed by atoms with E-state index in [0.717, 1.165) is 4.31 Å². The molecule has 0 bridgehead atoms. The molecule has 0 atom stereocenters. The predicted molar refractivity (Wildman–Crippen MR) is 62.5 cm³/mol. The highest BCUT2D eigenvalue weighted by Crippen LogP contribution is 2.22. The van der Waals surface area contributed by atoms with Crippen LogP contribution in [0.15, 0.2) is 29.2 Å². The Hall–Kier alpha value is -1.44. The Morgan fingerprint density at radius 3 is 2.67 bits per heavy atom. The van der Waals surface area contributed by atoms with Crippen molar-refractivity contribution in [3.63, 3.8) is 0 Å². The van der Waals surface area contributed by atoms with Crippen molar-refractivity contribution in [1.82, 2.24) is 4.31 Å². The lowest BCUT2D eigenvalue weighted by molar-refractivity contribution is 0.0546. The van der Waals surface area contributed by atoms with Crippen molar-refractivity contribution in [2.45, 2.75) is 11.0 Å². The zero-order chi connectivity index (χ0) is 13.3. The molecule has 0 aromatic heterocycles. The highest BCUT2D eigenvalue weighted by Gasteiger charge is 2.35. The second-order valence-electron chi connectivity index (χ2n) is 4.00. The fraction of sp³-hybridized carbons (Fsp3) is 0.364. The number of carbonyl (C=O) groups excluding carboxylic acids is 1. The molecule has 0 aliphatic carbocycles. The number of aliphatic hydroxyl groups is 1. The number of rotatable bonds is 3. The molecular weight excluding hydrogens is 258 g/mol. The third kappa shape index (κ3) is 2.24. The van der Waals surface area contributed by atoms with Gasteiger partial charge in [-0.2, -0.15) is 4.31 Å². The Morgan fingerprint density at radius 2 is 2.11 bits per heavy atom. The van der Waals surface area contributed by atoms with Crippen LogP contribution in [-0.4, -0.2) is 50.1 Å². The van der Waals surface area contributed by atoms with Crippen LogP contribution >= 0.6 is 0 Å². The third-order valence-corrected chi connectivity index (χ3v) is 4.55. The largest absolute Gasteiger partial charge is 0.465 e. The van der Waals surface area contributed by atoms with Crippen LogP contribution in [-0.2, 0) is 14.8 Å². The molecule has 0 radical (unpaired) electrons. The van der Waals surface area contributed by atoms with Gasteiger partial charge in [0, 0.05) is 13.1 Å². The van der Waals surface area contributed by atoms with Crippen LogP contribution in [0.4, 0.5) is 0 Å². The molecule has 1 aliphatic heterocycles. The summed E-state index contributed by atoms with van der Waals surface area (Å²) in [7, 11) is -2.40. The molecule has 1 saturated heterocycles. The molecule has 1 N–H and O–H groups in total. The molecular formula is C11H13NO5S. The van der Waals surface area contributed by atoms with Crippen LogP contribution < -0.4 is 0 Å². The van der Waals surface area contributed by atoms with E-state index in [2.05, 4.69) is 4.74 Å². The van der Waals surface area contributed by atoms with Gasteiger partial charge in [0.15, 0.2) is 0 Å². The lowest BCUT2D eigenvalue weighted by atomic mass is 10.2. The molecule has 2 rings (SSSR count). The summed E-state index contributed by atoms with van der Waals surface area (Å²) in [6, 6.07) is 5.64. The van der Waals surface area contributed by atoms with Gasteiger partial charge in [0.05, 0.1) is 23.7 Å². The molecule has 0 spiro atoms. The third-order valence-electron chi connectivity index (χ3n) is 2.72. The molecule has 1 aromatic rings. The van der Waals surface area contributed by atoms with Gasteiger partial charge in [-0.1, -0.05) is 6.07 Å². The maximum Gasteiger partial charge on any atom is 0.337 e. The van der Waals surface area contributed by atoms with E-state index in [4.69, 9.17) is 5.11 Å². The average Bonchev–Trinajstić information content (AvgIpc) is 2.34. The minimum absolute atomic E-state index is 0.0253. The van der Waals surface area contributed by atoms with Crippen molar-refractivity contribution in [3.05, 3.63) is 29.8 Å². The molecule has 1 aromatic carbocycles. The first-order chi connectivity index (χ1) is 8.45. The topological polar surface area (TPSA) is 83.9 Å². The highest BCUT2D eigenvalue weighted by atomic mass is 32.2. The predicted octanol–water partition coefficient (Wildman–Crippen LogP) is -0.162. The highest BCUT2D eigenvalue weighted by molar-refractivity contribution is 7.89. The van der Waals surface area contributed by atoms with Gasteiger partial charge in [0.1, 0.15) is 0 Å². The minimum atomic E-state index is -3.63. The zero-order valence-electron chi connectivity index (χ0n) is 9.74. The van der Waals surface area contributed by atoms with E-state index in [1.165, 1.54) is 31.4 Å². The van der Waals surface area contributed by atoms with E-state index in [1.807, 2.05) is 0 Å². The fourth-order valence-electron chi connectivity index (χ4n) is 1.66. The first-order valence-electron chi connectivity index (χ1n) is 5.32. The molecule has 18 heavy (non-hydrogen) atoms. The van der Waals surface area contributed by atoms with E-state index >= 15 is 0 Å². The molecule has 0 saturated carbocycles. The van der Waals surface area contributed by atoms with Gasteiger partial charge >= 0.3 is 5.97 Å². The molecule has 7 heteroatoms. The molecule has 6 nitrogen and oxygen atoms in total. The summed E-state index contributed by atoms with van der Waals surface area (Å²) in [6.07, 6.45) is -0.608. The minimum Gasteiger partial charge on any atom is -0.465 e. The standard InChI is InChI=1S/C11H13NO5S/c1-17-11(14)8-3-2-4-10(5-8)18(15,16)12-6-9(13)7-12/h2-5,9,13H,6-7H2,1H3. The second kappa shape index (κ2) is 4.68. The molecule has 1 fully saturated rings. The van der Waals surface area contributed by atoms with Gasteiger partial charge in [0.25, 0.3) is 0 Å². The van der Waals surface area contributed by atoms with Crippen molar-refractivity contribution in [3.8, 4) is 0 Å². The lowest BCUT2D eigenvalue weighted by Gasteiger charge is -2.34. The number of esters is 1. The number of sulfonamides is 1. The van der Waals surface area contributed by atoms with Crippen molar-refractivity contribution >= 4 is 16.0 Å². The summed E-state index contributed by atoms with van der Waals surface area (Å²) in [5.74, 6) is -0.587. The van der Waals surface area contributed by atoms with Crippen molar-refractivity contribution in [2.24, 2.45) is 0 Å². The Kier molecular flexibility index (Phi) is 3.38. The molecule has 1 aliphatic rings. The van der Waals surface area contributed by atoms with E-state index in [9.17, 15) is 13.2 Å². The number of benzene rings is 1. The number of ether oxygens (including phenoxy) is 1. The molecule has 1 heterocycles. The Morgan fingerprint density at radius 1 is 1.44 bits per heavy atom. The van der Waals surface area contributed by atoms with Gasteiger partial charge in [-0.05, 0) is 18.2 Å². The quantitative estimate of drug-likeness (QED) is 0.772. The molecule has 0 amide bonds. The number of nitrogens with zero attached hydrogens (tertiary/aromatic N) is 1. The van der Waals surface area contributed by atoms with Gasteiger partial charge in [0.2, 0.25) is 10.0 Å². The van der Waals surface area contributed by atoms with E-state index in [-0.39, 0.29) is 23.5 Å². The Labute approximate surface area is 105 Å². The lowest BCUT2D eigenvalue weighted by Crippen LogP contribution is -2.53. The van der Waals surface area contributed by atoms with Gasteiger partial charge in [-0.3, -0.25) is 0 Å². The van der Waals surface area contributed by atoms with Gasteiger partial charge < -0.3 is 9.84 Å². The van der Waals surface area contributed by atoms with Crippen LogP contribution in [0, 0.1) is 0 Å². The van der Waals surface area contributed by atoms with Crippen molar-refractivity contribution in [2.75, 3.05) is 20.2 Å². The van der Waals surface area contributed by atoms with Gasteiger partial charge in [-0.15, -0.1) is 0 Å². The Bertz CT molecular complexity index is 563. The number of methoxy groups -OCH3 is 1. The molecule has 98 valence electrons. The average molecular weight is 271 g/mol. The number of β-amino-alcohol motifs (C(OH)–C–C–N with tert-alkyl or cyclic N) is 1. The number of aliphatic hydroxyl groups excluding tert-OH is 1. The van der Waals surface area contributed by atoms with Crippen LogP contribution in [0.25, 0.3) is 0 Å². The van der Waals surface area contributed by atoms with Crippen LogP contribution in [0.1, 0.15) is 10.4 Å². The normalized spacial score (nSPS) is 17.2. The maximum atomic E-state index is 12.1. The first-order valence-corrected chi connectivity index (χ1v) is 6.76. The summed E-state index contributed by atoms with van der Waals surface area (Å²) >= 11 is 0. The molecule has 0 unspecified atom stereocenters. The zero-order valence-corrected chi connectivity index (χ0v) is 10.6.